The van der Waals surface area contributed by atoms with E-state index in [1.807, 2.05) is 19.9 Å². The molecular weight excluding hydrogens is 456 g/mol. The third-order valence-electron chi connectivity index (χ3n) is 6.07. The summed E-state index contributed by atoms with van der Waals surface area (Å²) >= 11 is 0. The lowest BCUT2D eigenvalue weighted by atomic mass is 10.00. The van der Waals surface area contributed by atoms with Crippen LogP contribution in [0.3, 0.4) is 0 Å². The molecule has 1 atom stereocenters. The van der Waals surface area contributed by atoms with Gasteiger partial charge >= 0.3 is 0 Å². The summed E-state index contributed by atoms with van der Waals surface area (Å²) in [6.07, 6.45) is 5.93. The zero-order valence-corrected chi connectivity index (χ0v) is 22.2. The van der Waals surface area contributed by atoms with E-state index in [-0.39, 0.29) is 17.7 Å². The van der Waals surface area contributed by atoms with E-state index in [4.69, 9.17) is 9.47 Å². The second-order valence-electron chi connectivity index (χ2n) is 9.80. The molecule has 0 fully saturated rings. The smallest absolute Gasteiger partial charge is 0.253 e. The molecule has 194 valence electrons. The minimum absolute atomic E-state index is 0.179. The van der Waals surface area contributed by atoms with Gasteiger partial charge in [-0.2, -0.15) is 0 Å². The molecule has 0 saturated carbocycles. The van der Waals surface area contributed by atoms with Gasteiger partial charge in [-0.1, -0.05) is 25.5 Å². The highest BCUT2D eigenvalue weighted by molar-refractivity contribution is 5.98. The lowest BCUT2D eigenvalue weighted by Gasteiger charge is -2.24. The summed E-state index contributed by atoms with van der Waals surface area (Å²) in [6.45, 7) is 10.7. The van der Waals surface area contributed by atoms with Crippen LogP contribution >= 0.6 is 0 Å². The van der Waals surface area contributed by atoms with Gasteiger partial charge in [0.2, 0.25) is 5.91 Å². The first-order chi connectivity index (χ1) is 17.2. The summed E-state index contributed by atoms with van der Waals surface area (Å²) in [5.41, 5.74) is 4.15. The van der Waals surface area contributed by atoms with Crippen molar-refractivity contribution in [2.24, 2.45) is 5.92 Å². The number of carbonyl (C=O) groups is 2. The van der Waals surface area contributed by atoms with Crippen LogP contribution in [-0.4, -0.2) is 61.6 Å². The highest BCUT2D eigenvalue weighted by Gasteiger charge is 2.24. The minimum Gasteiger partial charge on any atom is -0.493 e. The summed E-state index contributed by atoms with van der Waals surface area (Å²) in [5, 5.41) is 5.94. The largest absolute Gasteiger partial charge is 0.493 e. The number of methoxy groups -OCH3 is 2. The van der Waals surface area contributed by atoms with Gasteiger partial charge < -0.3 is 20.1 Å². The van der Waals surface area contributed by atoms with Crippen LogP contribution in [-0.2, 0) is 11.3 Å². The number of nitrogens with zero attached hydrogens (tertiary/aromatic N) is 2. The average Bonchev–Trinajstić information content (AvgIpc) is 2.85. The van der Waals surface area contributed by atoms with Gasteiger partial charge in [0.15, 0.2) is 11.5 Å². The van der Waals surface area contributed by atoms with Crippen molar-refractivity contribution < 1.29 is 19.1 Å². The number of fused-ring (bicyclic) bond motifs is 5. The van der Waals surface area contributed by atoms with Crippen molar-refractivity contribution in [1.29, 1.82) is 0 Å². The fourth-order valence-electron chi connectivity index (χ4n) is 4.25. The lowest BCUT2D eigenvalue weighted by Crippen LogP contribution is -2.48. The lowest BCUT2D eigenvalue weighted by molar-refractivity contribution is -0.123. The first-order valence-electron chi connectivity index (χ1n) is 12.4. The first kappa shape index (κ1) is 27.2. The Morgan fingerprint density at radius 1 is 1.14 bits per heavy atom. The number of nitrogens with one attached hydrogen (secondary N) is 2. The fourth-order valence-corrected chi connectivity index (χ4v) is 4.25. The Balaban J connectivity index is 2.12. The normalized spacial score (nSPS) is 16.9. The predicted octanol–water partition coefficient (Wildman–Crippen LogP) is 3.81. The van der Waals surface area contributed by atoms with E-state index in [1.165, 1.54) is 11.8 Å². The molecule has 2 N–H and O–H groups in total. The molecule has 1 aliphatic rings. The molecule has 1 aliphatic heterocycles. The van der Waals surface area contributed by atoms with Crippen molar-refractivity contribution in [2.75, 3.05) is 33.9 Å². The summed E-state index contributed by atoms with van der Waals surface area (Å²) in [4.78, 5) is 32.8. The summed E-state index contributed by atoms with van der Waals surface area (Å²) in [5.74, 6) is 0.904. The number of ether oxygens (including phenoxy) is 2. The monoisotopic (exact) mass is 494 g/mol. The molecule has 0 aliphatic carbocycles. The number of amides is 2. The van der Waals surface area contributed by atoms with Crippen LogP contribution in [0.1, 0.15) is 50.0 Å². The molecule has 8 heteroatoms. The zero-order chi connectivity index (χ0) is 26.2. The van der Waals surface area contributed by atoms with Crippen molar-refractivity contribution >= 4 is 11.8 Å². The Morgan fingerprint density at radius 2 is 1.89 bits per heavy atom. The summed E-state index contributed by atoms with van der Waals surface area (Å²) in [6, 6.07) is 5.16. The van der Waals surface area contributed by atoms with Crippen LogP contribution in [0, 0.1) is 5.92 Å². The molecule has 4 bridgehead atoms. The Morgan fingerprint density at radius 3 is 2.56 bits per heavy atom. The molecule has 36 heavy (non-hydrogen) atoms. The van der Waals surface area contributed by atoms with Crippen molar-refractivity contribution in [3.8, 4) is 22.6 Å². The van der Waals surface area contributed by atoms with Gasteiger partial charge in [0, 0.05) is 49.7 Å². The summed E-state index contributed by atoms with van der Waals surface area (Å²) in [7, 11) is 3.21. The number of rotatable bonds is 6. The number of aromatic nitrogens is 1. The zero-order valence-electron chi connectivity index (χ0n) is 22.2. The van der Waals surface area contributed by atoms with Gasteiger partial charge in [0.25, 0.3) is 5.91 Å². The molecule has 0 radical (unpaired) electrons. The molecule has 1 aromatic carbocycles. The van der Waals surface area contributed by atoms with E-state index in [1.54, 1.807) is 26.5 Å². The highest BCUT2D eigenvalue weighted by atomic mass is 16.5. The molecule has 0 saturated heterocycles. The molecule has 1 aromatic heterocycles. The Kier molecular flexibility index (Phi) is 9.47. The van der Waals surface area contributed by atoms with Gasteiger partial charge in [-0.15, -0.1) is 0 Å². The highest BCUT2D eigenvalue weighted by Crippen LogP contribution is 2.39. The van der Waals surface area contributed by atoms with Gasteiger partial charge in [0.1, 0.15) is 6.04 Å². The van der Waals surface area contributed by atoms with Crippen molar-refractivity contribution in [2.45, 2.75) is 46.7 Å². The van der Waals surface area contributed by atoms with E-state index in [9.17, 15) is 9.59 Å². The van der Waals surface area contributed by atoms with E-state index in [2.05, 4.69) is 46.5 Å². The van der Waals surface area contributed by atoms with Crippen LogP contribution in [0.2, 0.25) is 0 Å². The van der Waals surface area contributed by atoms with Crippen LogP contribution in [0.15, 0.2) is 42.2 Å². The van der Waals surface area contributed by atoms with E-state index in [0.29, 0.717) is 43.1 Å². The van der Waals surface area contributed by atoms with Crippen molar-refractivity contribution in [1.82, 2.24) is 20.5 Å². The van der Waals surface area contributed by atoms with Gasteiger partial charge in [-0.3, -0.25) is 19.5 Å². The molecule has 2 amide bonds. The summed E-state index contributed by atoms with van der Waals surface area (Å²) < 4.78 is 11.4. The standard InChI is InChI=1S/C28H38N4O4/c1-18(2)7-9-32-10-8-30-28(34)24(11-19(3)4)31-27(33)22-14-21(15-29-16-22)23-12-20(17-32)13-25(35-5)26(23)36-6/h7,12-16,19,24H,8-11,17H2,1-6H3,(H,30,34)(H,31,33)/t24-/m1/s1. The van der Waals surface area contributed by atoms with E-state index < -0.39 is 6.04 Å². The van der Waals surface area contributed by atoms with E-state index >= 15 is 0 Å². The molecular formula is C28H38N4O4. The predicted molar refractivity (Wildman–Crippen MR) is 141 cm³/mol. The second kappa shape index (κ2) is 12.5. The number of allylic oxidation sites excluding steroid dienone is 1. The maximum atomic E-state index is 13.2. The number of hydrogen-bond acceptors (Lipinski definition) is 6. The van der Waals surface area contributed by atoms with Crippen LogP contribution in [0.4, 0.5) is 0 Å². The third-order valence-corrected chi connectivity index (χ3v) is 6.07. The van der Waals surface area contributed by atoms with E-state index in [0.717, 1.165) is 23.2 Å². The quantitative estimate of drug-likeness (QED) is 0.594. The van der Waals surface area contributed by atoms with Crippen molar-refractivity contribution in [3.05, 3.63) is 53.4 Å². The van der Waals surface area contributed by atoms with Crippen LogP contribution < -0.4 is 20.1 Å². The van der Waals surface area contributed by atoms with Gasteiger partial charge in [-0.05, 0) is 49.9 Å². The molecule has 0 unspecified atom stereocenters. The molecule has 8 nitrogen and oxygen atoms in total. The molecule has 3 rings (SSSR count). The SMILES string of the molecule is COc1cc2cc(c1OC)-c1cncc(c1)C(=O)N[C@H](CC(C)C)C(=O)NCCN(CC=C(C)C)C2. The van der Waals surface area contributed by atoms with Gasteiger partial charge in [-0.25, -0.2) is 0 Å². The molecule has 0 spiro atoms. The van der Waals surface area contributed by atoms with Gasteiger partial charge in [0.05, 0.1) is 19.8 Å². The van der Waals surface area contributed by atoms with Crippen LogP contribution in [0.25, 0.3) is 11.1 Å². The number of carbonyl (C=O) groups excluding carboxylic acids is 2. The maximum Gasteiger partial charge on any atom is 0.253 e. The molecule has 2 aromatic rings. The van der Waals surface area contributed by atoms with Crippen molar-refractivity contribution in [3.63, 3.8) is 0 Å². The second-order valence-corrected chi connectivity index (χ2v) is 9.80. The average molecular weight is 495 g/mol. The fraction of sp³-hybridized carbons (Fsp3) is 0.464. The minimum atomic E-state index is -0.631. The Hall–Kier alpha value is -3.39. The number of pyridine rings is 1. The van der Waals surface area contributed by atoms with Crippen LogP contribution in [0.5, 0.6) is 11.5 Å². The number of hydrogen-bond donors (Lipinski definition) is 2. The topological polar surface area (TPSA) is 92.8 Å². The Labute approximate surface area is 214 Å². The first-order valence-corrected chi connectivity index (χ1v) is 12.4. The number of benzene rings is 1. The molecule has 2 heterocycles. The maximum absolute atomic E-state index is 13.2. The third kappa shape index (κ3) is 7.07. The Bertz CT molecular complexity index is 1110.